The van der Waals surface area contributed by atoms with E-state index in [0.29, 0.717) is 32.2 Å². The number of rotatable bonds is 0. The fourth-order valence-electron chi connectivity index (χ4n) is 2.19. The molecule has 0 amide bonds. The average Bonchev–Trinajstić information content (AvgIpc) is 2.45. The summed E-state index contributed by atoms with van der Waals surface area (Å²) in [6, 6.07) is 11.0. The molecule has 2 aromatic carbocycles. The van der Waals surface area contributed by atoms with E-state index >= 15 is 0 Å². The molecule has 20 heavy (non-hydrogen) atoms. The van der Waals surface area contributed by atoms with Crippen molar-refractivity contribution in [1.29, 1.82) is 0 Å². The maximum atomic E-state index is 6.15. The lowest BCUT2D eigenvalue weighted by atomic mass is 10.2. The first-order chi connectivity index (χ1) is 9.72. The molecule has 4 aromatic rings. The van der Waals surface area contributed by atoms with Gasteiger partial charge in [-0.3, -0.25) is 0 Å². The van der Waals surface area contributed by atoms with Crippen molar-refractivity contribution < 1.29 is 0 Å². The van der Waals surface area contributed by atoms with E-state index in [9.17, 15) is 0 Å². The second kappa shape index (κ2) is 4.23. The minimum Gasteiger partial charge on any atom is -0.242 e. The van der Waals surface area contributed by atoms with Gasteiger partial charge in [0.25, 0.3) is 0 Å². The average molecular weight is 301 g/mol. The van der Waals surface area contributed by atoms with Gasteiger partial charge < -0.3 is 0 Å². The smallest absolute Gasteiger partial charge is 0.201 e. The zero-order valence-electron chi connectivity index (χ0n) is 10.0. The topological polar surface area (TPSA) is 51.6 Å². The predicted octanol–water partition coefficient (Wildman–Crippen LogP) is 4.03. The summed E-state index contributed by atoms with van der Waals surface area (Å²) in [5, 5.41) is 10.1. The monoisotopic (exact) mass is 300 g/mol. The van der Waals surface area contributed by atoms with E-state index < -0.39 is 0 Å². The van der Waals surface area contributed by atoms with Crippen LogP contribution in [-0.2, 0) is 0 Å². The van der Waals surface area contributed by atoms with Gasteiger partial charge in [-0.05, 0) is 18.2 Å². The molecular weight excluding hydrogens is 295 g/mol. The van der Waals surface area contributed by atoms with Gasteiger partial charge in [0.2, 0.25) is 5.65 Å². The van der Waals surface area contributed by atoms with Gasteiger partial charge in [-0.2, -0.15) is 0 Å². The lowest BCUT2D eigenvalue weighted by Crippen LogP contribution is -1.94. The van der Waals surface area contributed by atoms with E-state index in [4.69, 9.17) is 23.2 Å². The molecule has 4 nitrogen and oxygen atoms in total. The summed E-state index contributed by atoms with van der Waals surface area (Å²) < 4.78 is 0. The first-order valence-corrected chi connectivity index (χ1v) is 6.66. The first-order valence-electron chi connectivity index (χ1n) is 5.90. The fraction of sp³-hybridized carbons (Fsp3) is 0. The third-order valence-electron chi connectivity index (χ3n) is 3.08. The van der Waals surface area contributed by atoms with Crippen LogP contribution >= 0.6 is 23.2 Å². The molecule has 2 heterocycles. The van der Waals surface area contributed by atoms with Crippen molar-refractivity contribution in [2.45, 2.75) is 0 Å². The Balaban J connectivity index is 2.24. The molecule has 0 spiro atoms. The van der Waals surface area contributed by atoms with Crippen LogP contribution in [0.1, 0.15) is 0 Å². The first kappa shape index (κ1) is 11.8. The van der Waals surface area contributed by atoms with Crippen molar-refractivity contribution in [1.82, 2.24) is 20.2 Å². The van der Waals surface area contributed by atoms with Gasteiger partial charge in [0.15, 0.2) is 0 Å². The molecule has 2 aromatic heterocycles. The Labute approximate surface area is 123 Å². The lowest BCUT2D eigenvalue weighted by molar-refractivity contribution is 1.09. The Morgan fingerprint density at radius 2 is 1.65 bits per heavy atom. The Bertz CT molecular complexity index is 985. The van der Waals surface area contributed by atoms with Crippen LogP contribution in [-0.4, -0.2) is 20.2 Å². The van der Waals surface area contributed by atoms with Crippen molar-refractivity contribution in [2.24, 2.45) is 0 Å². The van der Waals surface area contributed by atoms with Crippen LogP contribution in [0.5, 0.6) is 0 Å². The Morgan fingerprint density at radius 3 is 2.55 bits per heavy atom. The van der Waals surface area contributed by atoms with Gasteiger partial charge in [-0.1, -0.05) is 41.4 Å². The molecule has 0 saturated heterocycles. The SMILES string of the molecule is Clc1cc(Cl)c2nc3nnc4ccccc4c3nc2c1. The molecule has 0 radical (unpaired) electrons. The normalized spacial score (nSPS) is 11.5. The van der Waals surface area contributed by atoms with Gasteiger partial charge in [0.1, 0.15) is 11.0 Å². The number of halogens is 2. The molecule has 6 heteroatoms. The molecule has 0 N–H and O–H groups in total. The second-order valence-electron chi connectivity index (χ2n) is 4.37. The molecule has 0 fully saturated rings. The van der Waals surface area contributed by atoms with Crippen LogP contribution in [0.3, 0.4) is 0 Å². The highest BCUT2D eigenvalue weighted by atomic mass is 35.5. The number of hydrogen-bond acceptors (Lipinski definition) is 4. The van der Waals surface area contributed by atoms with E-state index in [1.54, 1.807) is 12.1 Å². The van der Waals surface area contributed by atoms with Crippen LogP contribution in [0.2, 0.25) is 10.0 Å². The number of nitrogens with zero attached hydrogens (tertiary/aromatic N) is 4. The van der Waals surface area contributed by atoms with Crippen LogP contribution in [0.25, 0.3) is 33.1 Å². The van der Waals surface area contributed by atoms with Gasteiger partial charge >= 0.3 is 0 Å². The van der Waals surface area contributed by atoms with Crippen LogP contribution in [0, 0.1) is 0 Å². The summed E-state index contributed by atoms with van der Waals surface area (Å²) in [7, 11) is 0. The van der Waals surface area contributed by atoms with Gasteiger partial charge in [-0.15, -0.1) is 10.2 Å². The van der Waals surface area contributed by atoms with Crippen molar-refractivity contribution in [3.63, 3.8) is 0 Å². The van der Waals surface area contributed by atoms with Gasteiger partial charge in [0, 0.05) is 10.4 Å². The predicted molar refractivity (Wildman–Crippen MR) is 80.2 cm³/mol. The Kier molecular flexibility index (Phi) is 2.49. The number of hydrogen-bond donors (Lipinski definition) is 0. The van der Waals surface area contributed by atoms with Crippen LogP contribution < -0.4 is 0 Å². The molecule has 4 rings (SSSR count). The standard InChI is InChI=1S/C14H6Cl2N4/c15-7-5-9(16)13-11(6-7)17-12-8-3-1-2-4-10(8)19-20-14(12)18-13/h1-6H. The molecule has 0 unspecified atom stereocenters. The van der Waals surface area contributed by atoms with Gasteiger partial charge in [-0.25, -0.2) is 9.97 Å². The van der Waals surface area contributed by atoms with Crippen molar-refractivity contribution in [2.75, 3.05) is 0 Å². The minimum absolute atomic E-state index is 0.455. The van der Waals surface area contributed by atoms with Crippen LogP contribution in [0.4, 0.5) is 0 Å². The zero-order chi connectivity index (χ0) is 13.7. The quantitative estimate of drug-likeness (QED) is 0.363. The fourth-order valence-corrected chi connectivity index (χ4v) is 2.72. The summed E-state index contributed by atoms with van der Waals surface area (Å²) >= 11 is 12.2. The van der Waals surface area contributed by atoms with E-state index in [0.717, 1.165) is 10.9 Å². The molecular formula is C14H6Cl2N4. The molecule has 0 saturated carbocycles. The maximum absolute atomic E-state index is 6.15. The lowest BCUT2D eigenvalue weighted by Gasteiger charge is -2.04. The number of aromatic nitrogens is 4. The third kappa shape index (κ3) is 1.69. The summed E-state index contributed by atoms with van der Waals surface area (Å²) in [5.74, 6) is 0. The molecule has 0 aliphatic heterocycles. The summed E-state index contributed by atoms with van der Waals surface area (Å²) in [5.41, 5.74) is 3.17. The highest BCUT2D eigenvalue weighted by molar-refractivity contribution is 6.38. The summed E-state index contributed by atoms with van der Waals surface area (Å²) in [4.78, 5) is 9.04. The molecule has 0 aliphatic carbocycles. The highest BCUT2D eigenvalue weighted by Crippen LogP contribution is 2.28. The molecule has 0 bridgehead atoms. The van der Waals surface area contributed by atoms with E-state index in [-0.39, 0.29) is 0 Å². The van der Waals surface area contributed by atoms with Crippen molar-refractivity contribution in [3.8, 4) is 0 Å². The Hall–Kier alpha value is -2.04. The zero-order valence-corrected chi connectivity index (χ0v) is 11.5. The number of fused-ring (bicyclic) bond motifs is 4. The number of benzene rings is 2. The summed E-state index contributed by atoms with van der Waals surface area (Å²) in [6.07, 6.45) is 0. The summed E-state index contributed by atoms with van der Waals surface area (Å²) in [6.45, 7) is 0. The molecule has 0 aliphatic rings. The van der Waals surface area contributed by atoms with E-state index in [1.165, 1.54) is 0 Å². The van der Waals surface area contributed by atoms with Crippen molar-refractivity contribution >= 4 is 56.3 Å². The maximum Gasteiger partial charge on any atom is 0.201 e. The largest absolute Gasteiger partial charge is 0.242 e. The van der Waals surface area contributed by atoms with Gasteiger partial charge in [0.05, 0.1) is 16.1 Å². The Morgan fingerprint density at radius 1 is 0.800 bits per heavy atom. The minimum atomic E-state index is 0.455. The van der Waals surface area contributed by atoms with Crippen LogP contribution in [0.15, 0.2) is 36.4 Å². The molecule has 96 valence electrons. The highest BCUT2D eigenvalue weighted by Gasteiger charge is 2.10. The second-order valence-corrected chi connectivity index (χ2v) is 5.21. The van der Waals surface area contributed by atoms with E-state index in [2.05, 4.69) is 20.2 Å². The third-order valence-corrected chi connectivity index (χ3v) is 3.59. The molecule has 0 atom stereocenters. The van der Waals surface area contributed by atoms with Crippen molar-refractivity contribution in [3.05, 3.63) is 46.4 Å². The van der Waals surface area contributed by atoms with E-state index in [1.807, 2.05) is 24.3 Å².